The lowest BCUT2D eigenvalue weighted by Gasteiger charge is -2.59. The van der Waals surface area contributed by atoms with E-state index in [2.05, 4.69) is 72.9 Å². The number of allylic oxidation sites excluding steroid dienone is 4. The van der Waals surface area contributed by atoms with E-state index in [1.807, 2.05) is 0 Å². The average Bonchev–Trinajstić information content (AvgIpc) is 3.01. The molecule has 0 saturated heterocycles. The molecule has 4 aliphatic rings. The first-order chi connectivity index (χ1) is 14.0. The highest BCUT2D eigenvalue weighted by Gasteiger charge is 2.60. The van der Waals surface area contributed by atoms with Gasteiger partial charge in [0.2, 0.25) is 0 Å². The van der Waals surface area contributed by atoms with Crippen LogP contribution >= 0.6 is 0 Å². The normalized spacial score (nSPS) is 44.3. The highest BCUT2D eigenvalue weighted by Crippen LogP contribution is 2.67. The third kappa shape index (κ3) is 3.53. The number of hydrogen-bond acceptors (Lipinski definition) is 1. The molecule has 0 heterocycles. The van der Waals surface area contributed by atoms with Crippen molar-refractivity contribution in [2.45, 2.75) is 93.2 Å². The lowest BCUT2D eigenvalue weighted by atomic mass is 9.46. The van der Waals surface area contributed by atoms with Gasteiger partial charge < -0.3 is 4.43 Å². The molecule has 0 aromatic rings. The highest BCUT2D eigenvalue weighted by atomic mass is 28.3. The van der Waals surface area contributed by atoms with Crippen LogP contribution in [0, 0.1) is 51.8 Å². The van der Waals surface area contributed by atoms with E-state index < -0.39 is 9.04 Å². The summed E-state index contributed by atoms with van der Waals surface area (Å²) in [4.78, 5) is 0. The first-order valence-electron chi connectivity index (χ1n) is 13.0. The Kier molecular flexibility index (Phi) is 6.02. The van der Waals surface area contributed by atoms with Crippen LogP contribution in [0.1, 0.15) is 80.1 Å². The topological polar surface area (TPSA) is 9.23 Å². The number of hydrogen-bond donors (Lipinski definition) is 0. The van der Waals surface area contributed by atoms with E-state index in [1.54, 1.807) is 5.57 Å². The summed E-state index contributed by atoms with van der Waals surface area (Å²) in [6.45, 7) is 20.9. The fourth-order valence-corrected chi connectivity index (χ4v) is 8.99. The van der Waals surface area contributed by atoms with Crippen LogP contribution in [0.25, 0.3) is 0 Å². The second-order valence-corrected chi connectivity index (χ2v) is 15.6. The maximum absolute atomic E-state index is 6.36. The van der Waals surface area contributed by atoms with Gasteiger partial charge in [0.15, 0.2) is 9.04 Å². The van der Waals surface area contributed by atoms with Crippen molar-refractivity contribution >= 4 is 9.04 Å². The molecule has 2 saturated carbocycles. The summed E-state index contributed by atoms with van der Waals surface area (Å²) in [5.41, 5.74) is 2.92. The van der Waals surface area contributed by atoms with Gasteiger partial charge in [-0.25, -0.2) is 0 Å². The second-order valence-electron chi connectivity index (χ2n) is 13.1. The molecule has 8 atom stereocenters. The van der Waals surface area contributed by atoms with Crippen molar-refractivity contribution in [3.8, 4) is 0 Å². The summed E-state index contributed by atoms with van der Waals surface area (Å²) in [7, 11) is -0.964. The summed E-state index contributed by atoms with van der Waals surface area (Å²) in [5.74, 6) is 4.87. The van der Waals surface area contributed by atoms with Gasteiger partial charge in [0.1, 0.15) is 0 Å². The minimum atomic E-state index is -0.964. The molecule has 0 bridgehead atoms. The monoisotopic (exact) mass is 428 g/mol. The Balaban J connectivity index is 1.63. The van der Waals surface area contributed by atoms with Gasteiger partial charge in [0.25, 0.3) is 0 Å². The van der Waals surface area contributed by atoms with Crippen LogP contribution in [0.5, 0.6) is 0 Å². The Labute approximate surface area is 188 Å². The molecular weight excluding hydrogens is 380 g/mol. The lowest BCUT2D eigenvalue weighted by molar-refractivity contribution is -0.0574. The molecule has 0 N–H and O–H groups in total. The molecular formula is C28H48OSi. The maximum Gasteiger partial charge on any atom is 0.170 e. The minimum Gasteiger partial charge on any atom is -0.420 e. The van der Waals surface area contributed by atoms with E-state index in [0.717, 1.165) is 36.2 Å². The molecule has 170 valence electrons. The van der Waals surface area contributed by atoms with Crippen molar-refractivity contribution in [3.05, 3.63) is 23.8 Å². The van der Waals surface area contributed by atoms with Crippen LogP contribution in [-0.4, -0.2) is 15.6 Å². The third-order valence-electron chi connectivity index (χ3n) is 10.6. The van der Waals surface area contributed by atoms with Gasteiger partial charge in [-0.1, -0.05) is 59.8 Å². The van der Waals surface area contributed by atoms with Gasteiger partial charge in [-0.05, 0) is 104 Å². The molecule has 2 fully saturated rings. The van der Waals surface area contributed by atoms with Crippen molar-refractivity contribution in [2.75, 3.05) is 6.61 Å². The molecule has 0 aromatic heterocycles. The summed E-state index contributed by atoms with van der Waals surface area (Å²) in [6, 6.07) is 0. The standard InChI is InChI=1S/C28H48OSi/c1-19(26(2,3)4)23-14-15-24-22-13-12-20-10-9-11-21(18-29-30(7)8)28(20,6)25(22)16-17-27(23,24)5/h10,12-13,19,21-25,30H,9,11,14-18H2,1-8H3/t19-,21?,22-,23+,24-,25-,27+,28+/m0/s1. The summed E-state index contributed by atoms with van der Waals surface area (Å²) in [5, 5.41) is 0. The Morgan fingerprint density at radius 2 is 1.83 bits per heavy atom. The molecule has 1 unspecified atom stereocenters. The van der Waals surface area contributed by atoms with Crippen LogP contribution < -0.4 is 0 Å². The lowest BCUT2D eigenvalue weighted by Crippen LogP contribution is -2.52. The molecule has 30 heavy (non-hydrogen) atoms. The van der Waals surface area contributed by atoms with Gasteiger partial charge >= 0.3 is 0 Å². The first-order valence-corrected chi connectivity index (χ1v) is 15.8. The summed E-state index contributed by atoms with van der Waals surface area (Å²) >= 11 is 0. The molecule has 0 aromatic carbocycles. The zero-order chi connectivity index (χ0) is 21.9. The Bertz CT molecular complexity index is 700. The highest BCUT2D eigenvalue weighted by molar-refractivity contribution is 6.48. The maximum atomic E-state index is 6.36. The van der Waals surface area contributed by atoms with E-state index in [4.69, 9.17) is 4.43 Å². The zero-order valence-corrected chi connectivity index (χ0v) is 22.3. The molecule has 0 spiro atoms. The van der Waals surface area contributed by atoms with Gasteiger partial charge in [0.05, 0.1) is 0 Å². The quantitative estimate of drug-likeness (QED) is 0.418. The predicted molar refractivity (Wildman–Crippen MR) is 132 cm³/mol. The van der Waals surface area contributed by atoms with E-state index in [-0.39, 0.29) is 0 Å². The van der Waals surface area contributed by atoms with Crippen LogP contribution in [-0.2, 0) is 4.43 Å². The molecule has 4 aliphatic carbocycles. The Morgan fingerprint density at radius 3 is 2.50 bits per heavy atom. The zero-order valence-electron chi connectivity index (χ0n) is 21.1. The molecule has 0 aliphatic heterocycles. The smallest absolute Gasteiger partial charge is 0.170 e. The number of fused-ring (bicyclic) bond motifs is 5. The van der Waals surface area contributed by atoms with Crippen molar-refractivity contribution in [1.29, 1.82) is 0 Å². The van der Waals surface area contributed by atoms with Crippen molar-refractivity contribution in [3.63, 3.8) is 0 Å². The average molecular weight is 429 g/mol. The van der Waals surface area contributed by atoms with E-state index >= 15 is 0 Å². The Morgan fingerprint density at radius 1 is 1.10 bits per heavy atom. The van der Waals surface area contributed by atoms with Gasteiger partial charge in [-0.15, -0.1) is 0 Å². The molecule has 2 heteroatoms. The van der Waals surface area contributed by atoms with Gasteiger partial charge in [0, 0.05) is 12.0 Å². The van der Waals surface area contributed by atoms with Crippen LogP contribution in [0.4, 0.5) is 0 Å². The molecule has 0 amide bonds. The molecule has 0 radical (unpaired) electrons. The van der Waals surface area contributed by atoms with Crippen molar-refractivity contribution in [2.24, 2.45) is 51.8 Å². The third-order valence-corrected chi connectivity index (χ3v) is 11.5. The first kappa shape index (κ1) is 22.8. The van der Waals surface area contributed by atoms with Crippen molar-refractivity contribution < 1.29 is 4.43 Å². The van der Waals surface area contributed by atoms with E-state index in [0.29, 0.717) is 22.2 Å². The van der Waals surface area contributed by atoms with Crippen molar-refractivity contribution in [1.82, 2.24) is 0 Å². The minimum absolute atomic E-state index is 0.329. The molecule has 4 rings (SSSR count). The fraction of sp³-hybridized carbons (Fsp3) is 0.857. The summed E-state index contributed by atoms with van der Waals surface area (Å²) < 4.78 is 6.36. The summed E-state index contributed by atoms with van der Waals surface area (Å²) in [6.07, 6.45) is 16.1. The number of rotatable bonds is 4. The largest absolute Gasteiger partial charge is 0.420 e. The van der Waals surface area contributed by atoms with Crippen LogP contribution in [0.2, 0.25) is 13.1 Å². The SMILES string of the molecule is C[C@@H]([C@H]1CC[C@H]2[C@@H]3C=CC4=CCCC(CO[SiH](C)C)[C@]4(C)[C@H]3CC[C@]12C)C(C)(C)C. The fourth-order valence-electron chi connectivity index (χ4n) is 8.37. The predicted octanol–water partition coefficient (Wildman–Crippen LogP) is 7.64. The van der Waals surface area contributed by atoms with Gasteiger partial charge in [-0.2, -0.15) is 0 Å². The van der Waals surface area contributed by atoms with E-state index in [9.17, 15) is 0 Å². The second kappa shape index (κ2) is 7.91. The van der Waals surface area contributed by atoms with Crippen LogP contribution in [0.3, 0.4) is 0 Å². The van der Waals surface area contributed by atoms with Gasteiger partial charge in [-0.3, -0.25) is 0 Å². The molecule has 1 nitrogen and oxygen atoms in total. The van der Waals surface area contributed by atoms with Crippen LogP contribution in [0.15, 0.2) is 23.8 Å². The van der Waals surface area contributed by atoms with E-state index in [1.165, 1.54) is 38.5 Å². The Hall–Kier alpha value is -0.343.